The van der Waals surface area contributed by atoms with Gasteiger partial charge in [-0.25, -0.2) is 0 Å². The molecule has 1 aliphatic rings. The van der Waals surface area contributed by atoms with Crippen LogP contribution in [0.15, 0.2) is 71.8 Å². The van der Waals surface area contributed by atoms with Crippen molar-refractivity contribution in [2.45, 2.75) is 6.92 Å². The standard InChI is InChI=1S/C18H14O/c1-13-16(12-14-8-4-2-5-9-14)18(19)17(13)15-10-6-3-7-11-15/h2-12H,1H3/b16-12+. The van der Waals surface area contributed by atoms with Gasteiger partial charge in [0.05, 0.1) is 0 Å². The summed E-state index contributed by atoms with van der Waals surface area (Å²) in [5.41, 5.74) is 4.83. The third kappa shape index (κ3) is 2.04. The summed E-state index contributed by atoms with van der Waals surface area (Å²) in [6.45, 7) is 2.01. The third-order valence-electron chi connectivity index (χ3n) is 3.42. The first kappa shape index (κ1) is 11.7. The summed E-state index contributed by atoms with van der Waals surface area (Å²) in [4.78, 5) is 12.3. The summed E-state index contributed by atoms with van der Waals surface area (Å²) in [5.74, 6) is 0.146. The Morgan fingerprint density at radius 2 is 1.42 bits per heavy atom. The smallest absolute Gasteiger partial charge is 0.194 e. The van der Waals surface area contributed by atoms with Crippen LogP contribution in [-0.4, -0.2) is 5.78 Å². The van der Waals surface area contributed by atoms with Crippen molar-refractivity contribution in [2.24, 2.45) is 0 Å². The number of Topliss-reactive ketones (excluding diaryl/α,β-unsaturated/α-hetero) is 1. The van der Waals surface area contributed by atoms with Crippen molar-refractivity contribution in [3.8, 4) is 0 Å². The average molecular weight is 246 g/mol. The highest BCUT2D eigenvalue weighted by Crippen LogP contribution is 2.38. The number of hydrogen-bond acceptors (Lipinski definition) is 1. The summed E-state index contributed by atoms with van der Waals surface area (Å²) in [7, 11) is 0. The van der Waals surface area contributed by atoms with Gasteiger partial charge in [0.15, 0.2) is 5.78 Å². The molecule has 0 radical (unpaired) electrons. The summed E-state index contributed by atoms with van der Waals surface area (Å²) >= 11 is 0. The van der Waals surface area contributed by atoms with Crippen molar-refractivity contribution in [3.63, 3.8) is 0 Å². The van der Waals surface area contributed by atoms with E-state index in [1.54, 1.807) is 0 Å². The molecular weight excluding hydrogens is 232 g/mol. The van der Waals surface area contributed by atoms with Gasteiger partial charge in [0.1, 0.15) is 0 Å². The van der Waals surface area contributed by atoms with E-state index in [1.165, 1.54) is 0 Å². The molecule has 19 heavy (non-hydrogen) atoms. The maximum absolute atomic E-state index is 12.3. The van der Waals surface area contributed by atoms with Crippen LogP contribution in [0, 0.1) is 0 Å². The van der Waals surface area contributed by atoms with Crippen LogP contribution in [0.4, 0.5) is 0 Å². The molecule has 0 atom stereocenters. The highest BCUT2D eigenvalue weighted by atomic mass is 16.1. The largest absolute Gasteiger partial charge is 0.289 e. The van der Waals surface area contributed by atoms with E-state index in [0.29, 0.717) is 0 Å². The van der Waals surface area contributed by atoms with Crippen molar-refractivity contribution in [1.29, 1.82) is 0 Å². The summed E-state index contributed by atoms with van der Waals surface area (Å²) < 4.78 is 0. The molecule has 0 bridgehead atoms. The van der Waals surface area contributed by atoms with E-state index in [2.05, 4.69) is 0 Å². The Balaban J connectivity index is 2.00. The van der Waals surface area contributed by atoms with Gasteiger partial charge in [0.25, 0.3) is 0 Å². The lowest BCUT2D eigenvalue weighted by molar-refractivity contribution is -0.111. The van der Waals surface area contributed by atoms with Crippen molar-refractivity contribution in [2.75, 3.05) is 0 Å². The molecule has 92 valence electrons. The van der Waals surface area contributed by atoms with Crippen molar-refractivity contribution < 1.29 is 4.79 Å². The van der Waals surface area contributed by atoms with Crippen LogP contribution >= 0.6 is 0 Å². The predicted octanol–water partition coefficient (Wildman–Crippen LogP) is 4.13. The number of benzene rings is 2. The number of ketones is 1. The molecule has 0 fully saturated rings. The molecule has 0 saturated carbocycles. The summed E-state index contributed by atoms with van der Waals surface area (Å²) in [6, 6.07) is 19.8. The minimum absolute atomic E-state index is 0.146. The molecule has 0 N–H and O–H groups in total. The van der Waals surface area contributed by atoms with Crippen LogP contribution in [-0.2, 0) is 4.79 Å². The highest BCUT2D eigenvalue weighted by Gasteiger charge is 2.30. The van der Waals surface area contributed by atoms with Crippen LogP contribution in [0.1, 0.15) is 18.1 Å². The second-order valence-electron chi connectivity index (χ2n) is 4.66. The van der Waals surface area contributed by atoms with Gasteiger partial charge in [0.2, 0.25) is 0 Å². The van der Waals surface area contributed by atoms with E-state index in [1.807, 2.05) is 73.7 Å². The lowest BCUT2D eigenvalue weighted by Gasteiger charge is -2.23. The van der Waals surface area contributed by atoms with Gasteiger partial charge in [-0.1, -0.05) is 60.7 Å². The number of carbonyl (C=O) groups is 1. The predicted molar refractivity (Wildman–Crippen MR) is 78.5 cm³/mol. The van der Waals surface area contributed by atoms with E-state index in [4.69, 9.17) is 0 Å². The second kappa shape index (κ2) is 4.69. The van der Waals surface area contributed by atoms with E-state index in [0.717, 1.165) is 27.8 Å². The van der Waals surface area contributed by atoms with Crippen LogP contribution in [0.2, 0.25) is 0 Å². The molecule has 1 aliphatic carbocycles. The molecule has 0 aromatic heterocycles. The van der Waals surface area contributed by atoms with E-state index in [-0.39, 0.29) is 5.78 Å². The Morgan fingerprint density at radius 1 is 0.842 bits per heavy atom. The zero-order valence-corrected chi connectivity index (χ0v) is 10.8. The number of rotatable bonds is 2. The van der Waals surface area contributed by atoms with Gasteiger partial charge in [-0.2, -0.15) is 0 Å². The first-order valence-corrected chi connectivity index (χ1v) is 6.35. The Hall–Kier alpha value is -2.41. The molecule has 3 rings (SSSR count). The molecule has 0 spiro atoms. The second-order valence-corrected chi connectivity index (χ2v) is 4.66. The maximum Gasteiger partial charge on any atom is 0.194 e. The summed E-state index contributed by atoms with van der Waals surface area (Å²) in [6.07, 6.45) is 1.96. The van der Waals surface area contributed by atoms with Crippen molar-refractivity contribution in [1.82, 2.24) is 0 Å². The fourth-order valence-corrected chi connectivity index (χ4v) is 2.39. The van der Waals surface area contributed by atoms with Gasteiger partial charge in [0, 0.05) is 11.1 Å². The van der Waals surface area contributed by atoms with Crippen molar-refractivity contribution in [3.05, 3.63) is 82.9 Å². The molecule has 0 amide bonds. The minimum Gasteiger partial charge on any atom is -0.289 e. The van der Waals surface area contributed by atoms with Gasteiger partial charge < -0.3 is 0 Å². The first-order valence-electron chi connectivity index (χ1n) is 6.35. The third-order valence-corrected chi connectivity index (χ3v) is 3.42. The van der Waals surface area contributed by atoms with E-state index >= 15 is 0 Å². The average Bonchev–Trinajstić information content (AvgIpc) is 2.47. The molecule has 1 nitrogen and oxygen atoms in total. The Bertz CT molecular complexity index is 676. The van der Waals surface area contributed by atoms with Gasteiger partial charge in [-0.05, 0) is 29.7 Å². The number of allylic oxidation sites excluding steroid dienone is 3. The first-order chi connectivity index (χ1) is 9.27. The fraction of sp³-hybridized carbons (Fsp3) is 0.0556. The molecule has 0 saturated heterocycles. The Morgan fingerprint density at radius 3 is 2.00 bits per heavy atom. The topological polar surface area (TPSA) is 17.1 Å². The Kier molecular flexibility index (Phi) is 2.88. The maximum atomic E-state index is 12.3. The van der Waals surface area contributed by atoms with Crippen LogP contribution in [0.25, 0.3) is 11.6 Å². The SMILES string of the molecule is CC1=C(c2ccccc2)C(=O)/C1=C/c1ccccc1. The van der Waals surface area contributed by atoms with Gasteiger partial charge >= 0.3 is 0 Å². The molecule has 0 unspecified atom stereocenters. The zero-order valence-electron chi connectivity index (χ0n) is 10.8. The molecular formula is C18H14O. The molecule has 0 heterocycles. The van der Waals surface area contributed by atoms with E-state index in [9.17, 15) is 4.79 Å². The normalized spacial score (nSPS) is 16.7. The number of carbonyl (C=O) groups excluding carboxylic acids is 1. The van der Waals surface area contributed by atoms with E-state index < -0.39 is 0 Å². The van der Waals surface area contributed by atoms with Crippen molar-refractivity contribution >= 4 is 17.4 Å². The molecule has 2 aromatic rings. The lowest BCUT2D eigenvalue weighted by Crippen LogP contribution is -2.19. The lowest BCUT2D eigenvalue weighted by atomic mass is 9.78. The van der Waals surface area contributed by atoms with Gasteiger partial charge in [-0.3, -0.25) is 4.79 Å². The zero-order chi connectivity index (χ0) is 13.2. The number of hydrogen-bond donors (Lipinski definition) is 0. The van der Waals surface area contributed by atoms with Gasteiger partial charge in [-0.15, -0.1) is 0 Å². The Labute approximate surface area is 112 Å². The minimum atomic E-state index is 0.146. The molecule has 0 aliphatic heterocycles. The van der Waals surface area contributed by atoms with Crippen LogP contribution in [0.5, 0.6) is 0 Å². The quantitative estimate of drug-likeness (QED) is 0.728. The monoisotopic (exact) mass is 246 g/mol. The molecule has 1 heteroatoms. The van der Waals surface area contributed by atoms with Crippen LogP contribution in [0.3, 0.4) is 0 Å². The van der Waals surface area contributed by atoms with Crippen LogP contribution < -0.4 is 0 Å². The fourth-order valence-electron chi connectivity index (χ4n) is 2.39. The summed E-state index contributed by atoms with van der Waals surface area (Å²) in [5, 5.41) is 0. The highest BCUT2D eigenvalue weighted by molar-refractivity contribution is 6.40. The molecule has 2 aromatic carbocycles.